The summed E-state index contributed by atoms with van der Waals surface area (Å²) in [6.07, 6.45) is 4.76. The molecule has 0 aliphatic heterocycles. The molecule has 0 atom stereocenters. The highest BCUT2D eigenvalue weighted by Gasteiger charge is 2.33. The predicted octanol–water partition coefficient (Wildman–Crippen LogP) is 2.50. The Bertz CT molecular complexity index is 244. The second kappa shape index (κ2) is 9.64. The molecule has 0 bridgehead atoms. The van der Waals surface area contributed by atoms with Crippen LogP contribution in [0.4, 0.5) is 8.78 Å². The van der Waals surface area contributed by atoms with Crippen LogP contribution in [0.2, 0.25) is 0 Å². The number of alkyl halides is 2. The van der Waals surface area contributed by atoms with Crippen molar-refractivity contribution in [3.05, 3.63) is 0 Å². The highest BCUT2D eigenvalue weighted by molar-refractivity contribution is 4.87. The average molecular weight is 292 g/mol. The number of hydrogen-bond donors (Lipinski definition) is 2. The van der Waals surface area contributed by atoms with Gasteiger partial charge in [-0.05, 0) is 24.8 Å². The Morgan fingerprint density at radius 2 is 1.85 bits per heavy atom. The Balaban J connectivity index is 2.68. The number of aliphatic hydroxyl groups is 1. The van der Waals surface area contributed by atoms with E-state index in [0.717, 1.165) is 25.9 Å². The van der Waals surface area contributed by atoms with Crippen LogP contribution in [0.3, 0.4) is 0 Å². The fraction of sp³-hybridized carbons (Fsp3) is 1.00. The molecule has 1 aliphatic carbocycles. The molecule has 1 aliphatic rings. The van der Waals surface area contributed by atoms with E-state index in [-0.39, 0.29) is 18.6 Å². The maximum atomic E-state index is 12.7. The minimum Gasteiger partial charge on any atom is -0.395 e. The summed E-state index contributed by atoms with van der Waals surface area (Å²) in [6.45, 7) is 4.63. The lowest BCUT2D eigenvalue weighted by atomic mass is 9.79. The summed E-state index contributed by atoms with van der Waals surface area (Å²) in [4.78, 5) is 1.74. The van der Waals surface area contributed by atoms with Gasteiger partial charge in [-0.25, -0.2) is 8.78 Å². The molecule has 0 aromatic carbocycles. The molecular weight excluding hydrogens is 262 g/mol. The molecule has 0 spiro atoms. The van der Waals surface area contributed by atoms with Gasteiger partial charge in [0.05, 0.1) is 13.2 Å². The molecule has 20 heavy (non-hydrogen) atoms. The maximum Gasteiger partial charge on any atom is 0.251 e. The molecule has 1 fully saturated rings. The number of halogens is 2. The van der Waals surface area contributed by atoms with Gasteiger partial charge in [-0.2, -0.15) is 0 Å². The zero-order valence-electron chi connectivity index (χ0n) is 12.7. The van der Waals surface area contributed by atoms with Crippen molar-refractivity contribution in [2.75, 3.05) is 39.3 Å². The van der Waals surface area contributed by atoms with Crippen LogP contribution in [0.1, 0.15) is 45.4 Å². The lowest BCUT2D eigenvalue weighted by Crippen LogP contribution is -2.46. The summed E-state index contributed by atoms with van der Waals surface area (Å²) >= 11 is 0. The lowest BCUT2D eigenvalue weighted by Gasteiger charge is -2.38. The molecule has 120 valence electrons. The number of aliphatic hydroxyl groups excluding tert-OH is 1. The van der Waals surface area contributed by atoms with Gasteiger partial charge in [-0.3, -0.25) is 4.90 Å². The zero-order valence-corrected chi connectivity index (χ0v) is 12.7. The Kier molecular flexibility index (Phi) is 8.57. The fourth-order valence-electron chi connectivity index (χ4n) is 3.31. The second-order valence-electron chi connectivity index (χ2n) is 6.04. The van der Waals surface area contributed by atoms with E-state index in [1.54, 1.807) is 4.90 Å². The van der Waals surface area contributed by atoms with Gasteiger partial charge in [0.15, 0.2) is 0 Å². The van der Waals surface area contributed by atoms with Gasteiger partial charge in [-0.15, -0.1) is 0 Å². The smallest absolute Gasteiger partial charge is 0.251 e. The van der Waals surface area contributed by atoms with E-state index < -0.39 is 6.43 Å². The summed E-state index contributed by atoms with van der Waals surface area (Å²) in [5.41, 5.74) is 0.0938. The van der Waals surface area contributed by atoms with E-state index in [1.807, 2.05) is 0 Å². The van der Waals surface area contributed by atoms with Crippen molar-refractivity contribution in [2.45, 2.75) is 51.9 Å². The average Bonchev–Trinajstić information content (AvgIpc) is 2.62. The molecule has 0 radical (unpaired) electrons. The third kappa shape index (κ3) is 6.46. The van der Waals surface area contributed by atoms with E-state index in [1.165, 1.54) is 25.7 Å². The topological polar surface area (TPSA) is 35.5 Å². The van der Waals surface area contributed by atoms with E-state index in [2.05, 4.69) is 12.2 Å². The molecule has 2 N–H and O–H groups in total. The Hall–Kier alpha value is -0.260. The molecule has 0 unspecified atom stereocenters. The van der Waals surface area contributed by atoms with Gasteiger partial charge < -0.3 is 10.4 Å². The Morgan fingerprint density at radius 1 is 1.20 bits per heavy atom. The highest BCUT2D eigenvalue weighted by Crippen LogP contribution is 2.35. The molecule has 0 amide bonds. The van der Waals surface area contributed by atoms with E-state index in [0.29, 0.717) is 13.1 Å². The summed E-state index contributed by atoms with van der Waals surface area (Å²) in [6, 6.07) is 0. The maximum absolute atomic E-state index is 12.7. The van der Waals surface area contributed by atoms with Gasteiger partial charge in [0.25, 0.3) is 6.43 Å². The molecule has 0 saturated heterocycles. The zero-order chi connectivity index (χ0) is 14.8. The molecular formula is C15H30F2N2O. The third-order valence-electron chi connectivity index (χ3n) is 4.29. The van der Waals surface area contributed by atoms with Crippen molar-refractivity contribution in [3.63, 3.8) is 0 Å². The van der Waals surface area contributed by atoms with Crippen LogP contribution < -0.4 is 5.32 Å². The molecule has 0 heterocycles. The first-order valence-corrected chi connectivity index (χ1v) is 7.94. The van der Waals surface area contributed by atoms with Crippen molar-refractivity contribution < 1.29 is 13.9 Å². The van der Waals surface area contributed by atoms with Crippen molar-refractivity contribution in [1.29, 1.82) is 0 Å². The van der Waals surface area contributed by atoms with Crippen LogP contribution in [-0.4, -0.2) is 55.8 Å². The monoisotopic (exact) mass is 292 g/mol. The van der Waals surface area contributed by atoms with Crippen LogP contribution in [0, 0.1) is 5.41 Å². The summed E-state index contributed by atoms with van der Waals surface area (Å²) < 4.78 is 25.4. The summed E-state index contributed by atoms with van der Waals surface area (Å²) in [5, 5.41) is 12.5. The van der Waals surface area contributed by atoms with Crippen LogP contribution in [0.15, 0.2) is 0 Å². The first-order valence-electron chi connectivity index (χ1n) is 7.94. The van der Waals surface area contributed by atoms with E-state index in [4.69, 9.17) is 5.11 Å². The quantitative estimate of drug-likeness (QED) is 0.641. The predicted molar refractivity (Wildman–Crippen MR) is 78.2 cm³/mol. The molecule has 1 rings (SSSR count). The molecule has 3 nitrogen and oxygen atoms in total. The van der Waals surface area contributed by atoms with Crippen LogP contribution in [0.5, 0.6) is 0 Å². The minimum atomic E-state index is -2.33. The van der Waals surface area contributed by atoms with Gasteiger partial charge in [-0.1, -0.05) is 32.6 Å². The van der Waals surface area contributed by atoms with Crippen molar-refractivity contribution in [2.24, 2.45) is 5.41 Å². The number of nitrogens with one attached hydrogen (secondary N) is 1. The van der Waals surface area contributed by atoms with Crippen molar-refractivity contribution >= 4 is 0 Å². The molecule has 0 aromatic rings. The number of hydrogen-bond acceptors (Lipinski definition) is 3. The third-order valence-corrected chi connectivity index (χ3v) is 4.29. The van der Waals surface area contributed by atoms with Gasteiger partial charge in [0, 0.05) is 19.6 Å². The first kappa shape index (κ1) is 17.8. The highest BCUT2D eigenvalue weighted by atomic mass is 19.3. The van der Waals surface area contributed by atoms with Crippen molar-refractivity contribution in [1.82, 2.24) is 10.2 Å². The Morgan fingerprint density at radius 3 is 2.35 bits per heavy atom. The van der Waals surface area contributed by atoms with Crippen LogP contribution in [-0.2, 0) is 0 Å². The molecule has 0 aromatic heterocycles. The first-order chi connectivity index (χ1) is 9.62. The van der Waals surface area contributed by atoms with E-state index >= 15 is 0 Å². The van der Waals surface area contributed by atoms with Crippen LogP contribution in [0.25, 0.3) is 0 Å². The summed E-state index contributed by atoms with van der Waals surface area (Å²) in [5.74, 6) is 0. The molecule has 1 saturated carbocycles. The number of rotatable bonds is 9. The largest absolute Gasteiger partial charge is 0.395 e. The normalized spacial score (nSPS) is 19.5. The standard InChI is InChI=1S/C15H30F2N2O/c1-2-18-12-15(7-5-3-4-6-8-15)13-19(9-10-20)11-14(16)17/h14,18,20H,2-13H2,1H3. The van der Waals surface area contributed by atoms with Gasteiger partial charge in [0.1, 0.15) is 0 Å². The SMILES string of the molecule is CCNCC1(CN(CCO)CC(F)F)CCCCCC1. The van der Waals surface area contributed by atoms with Gasteiger partial charge in [0.2, 0.25) is 0 Å². The molecule has 5 heteroatoms. The van der Waals surface area contributed by atoms with Crippen LogP contribution >= 0.6 is 0 Å². The summed E-state index contributed by atoms with van der Waals surface area (Å²) in [7, 11) is 0. The Labute approximate surface area is 121 Å². The van der Waals surface area contributed by atoms with Gasteiger partial charge >= 0.3 is 0 Å². The second-order valence-corrected chi connectivity index (χ2v) is 6.04. The minimum absolute atomic E-state index is 0.0516. The van der Waals surface area contributed by atoms with Crippen molar-refractivity contribution in [3.8, 4) is 0 Å². The fourth-order valence-corrected chi connectivity index (χ4v) is 3.31. The van der Waals surface area contributed by atoms with E-state index in [9.17, 15) is 8.78 Å². The number of nitrogens with zero attached hydrogens (tertiary/aromatic N) is 1. The lowest BCUT2D eigenvalue weighted by molar-refractivity contribution is 0.0452.